The molecule has 2 aromatic carbocycles. The summed E-state index contributed by atoms with van der Waals surface area (Å²) in [5.41, 5.74) is 3.65. The number of benzene rings is 2. The lowest BCUT2D eigenvalue weighted by molar-refractivity contribution is 0.265. The second-order valence-electron chi connectivity index (χ2n) is 8.80. The Bertz CT molecular complexity index is 968. The van der Waals surface area contributed by atoms with Gasteiger partial charge in [0.25, 0.3) is 0 Å². The summed E-state index contributed by atoms with van der Waals surface area (Å²) in [6.07, 6.45) is 7.89. The summed E-state index contributed by atoms with van der Waals surface area (Å²) < 4.78 is 28.1. The molecule has 154 valence electrons. The Morgan fingerprint density at radius 3 is 2.41 bits per heavy atom. The summed E-state index contributed by atoms with van der Waals surface area (Å²) in [6.45, 7) is 1.31. The highest BCUT2D eigenvalue weighted by Gasteiger charge is 2.39. The predicted octanol–water partition coefficient (Wildman–Crippen LogP) is 5.30. The maximum Gasteiger partial charge on any atom is 0.243 e. The van der Waals surface area contributed by atoms with Crippen molar-refractivity contribution in [1.29, 1.82) is 0 Å². The van der Waals surface area contributed by atoms with Gasteiger partial charge in [0.2, 0.25) is 10.0 Å². The average Bonchev–Trinajstić information content (AvgIpc) is 2.79. The fourth-order valence-electron chi connectivity index (χ4n) is 5.60. The van der Waals surface area contributed by atoms with Gasteiger partial charge >= 0.3 is 0 Å². The monoisotopic (exact) mass is 410 g/mol. The van der Waals surface area contributed by atoms with Crippen LogP contribution in [0.15, 0.2) is 53.4 Å². The first-order valence-electron chi connectivity index (χ1n) is 11.1. The number of rotatable bonds is 3. The third-order valence-electron chi connectivity index (χ3n) is 7.09. The number of fused-ring (bicyclic) bond motifs is 3. The number of hydrogen-bond donors (Lipinski definition) is 1. The highest BCUT2D eigenvalue weighted by atomic mass is 32.2. The van der Waals surface area contributed by atoms with E-state index in [0.29, 0.717) is 35.9 Å². The largest absolute Gasteiger partial charge is 0.378 e. The minimum Gasteiger partial charge on any atom is -0.378 e. The molecule has 2 aliphatic heterocycles. The molecule has 5 heteroatoms. The van der Waals surface area contributed by atoms with E-state index in [-0.39, 0.29) is 0 Å². The summed E-state index contributed by atoms with van der Waals surface area (Å²) in [5, 5.41) is 3.76. The molecule has 0 amide bonds. The van der Waals surface area contributed by atoms with Crippen molar-refractivity contribution < 1.29 is 8.42 Å². The van der Waals surface area contributed by atoms with Crippen molar-refractivity contribution in [3.63, 3.8) is 0 Å². The van der Waals surface area contributed by atoms with E-state index in [0.717, 1.165) is 31.4 Å². The number of piperidine rings is 1. The van der Waals surface area contributed by atoms with Crippen LogP contribution in [0, 0.1) is 5.92 Å². The first-order chi connectivity index (χ1) is 14.1. The minimum absolute atomic E-state index is 0.304. The zero-order chi connectivity index (χ0) is 19.8. The molecule has 4 nitrogen and oxygen atoms in total. The Balaban J connectivity index is 1.52. The number of sulfonamides is 1. The lowest BCUT2D eigenvalue weighted by atomic mass is 9.68. The van der Waals surface area contributed by atoms with Crippen molar-refractivity contribution in [2.45, 2.75) is 61.8 Å². The Morgan fingerprint density at radius 2 is 1.62 bits per heavy atom. The lowest BCUT2D eigenvalue weighted by Gasteiger charge is -2.44. The first kappa shape index (κ1) is 19.1. The normalized spacial score (nSPS) is 27.5. The van der Waals surface area contributed by atoms with E-state index >= 15 is 0 Å². The molecule has 0 radical (unpaired) electrons. The Morgan fingerprint density at radius 1 is 0.862 bits per heavy atom. The molecule has 2 aromatic rings. The van der Waals surface area contributed by atoms with Gasteiger partial charge in [0.15, 0.2) is 0 Å². The fraction of sp³-hybridized carbons (Fsp3) is 0.500. The number of nitrogens with one attached hydrogen (secondary N) is 1. The number of nitrogens with zero attached hydrogens (tertiary/aromatic N) is 1. The molecule has 1 saturated heterocycles. The molecule has 0 spiro atoms. The van der Waals surface area contributed by atoms with Crippen LogP contribution in [0.5, 0.6) is 0 Å². The first-order valence-corrected chi connectivity index (χ1v) is 12.5. The van der Waals surface area contributed by atoms with Gasteiger partial charge in [0.1, 0.15) is 0 Å². The van der Waals surface area contributed by atoms with Gasteiger partial charge in [-0.25, -0.2) is 8.42 Å². The molecule has 3 unspecified atom stereocenters. The van der Waals surface area contributed by atoms with Gasteiger partial charge in [0.05, 0.1) is 10.9 Å². The fourth-order valence-corrected chi connectivity index (χ4v) is 7.16. The van der Waals surface area contributed by atoms with Crippen molar-refractivity contribution in [1.82, 2.24) is 4.31 Å². The van der Waals surface area contributed by atoms with E-state index in [2.05, 4.69) is 35.6 Å². The zero-order valence-corrected chi connectivity index (χ0v) is 17.7. The third kappa shape index (κ3) is 3.49. The van der Waals surface area contributed by atoms with E-state index in [1.165, 1.54) is 30.4 Å². The van der Waals surface area contributed by atoms with Gasteiger partial charge in [-0.3, -0.25) is 0 Å². The van der Waals surface area contributed by atoms with Gasteiger partial charge < -0.3 is 5.32 Å². The molecule has 1 N–H and O–H groups in total. The van der Waals surface area contributed by atoms with Crippen LogP contribution in [0.4, 0.5) is 5.69 Å². The van der Waals surface area contributed by atoms with Gasteiger partial charge in [-0.05, 0) is 66.8 Å². The van der Waals surface area contributed by atoms with Crippen molar-refractivity contribution >= 4 is 15.7 Å². The Labute approximate surface area is 174 Å². The molecule has 2 heterocycles. The molecule has 29 heavy (non-hydrogen) atoms. The molecule has 3 aliphatic rings. The second kappa shape index (κ2) is 7.77. The molecule has 0 aromatic heterocycles. The van der Waals surface area contributed by atoms with Crippen LogP contribution >= 0.6 is 0 Å². The highest BCUT2D eigenvalue weighted by molar-refractivity contribution is 7.89. The third-order valence-corrected chi connectivity index (χ3v) is 8.99. The summed E-state index contributed by atoms with van der Waals surface area (Å²) in [7, 11) is -3.39. The maximum absolute atomic E-state index is 13.2. The van der Waals surface area contributed by atoms with E-state index in [4.69, 9.17) is 0 Å². The summed E-state index contributed by atoms with van der Waals surface area (Å²) in [5.74, 6) is 0.952. The van der Waals surface area contributed by atoms with Crippen LogP contribution in [-0.2, 0) is 10.0 Å². The van der Waals surface area contributed by atoms with Crippen molar-refractivity contribution in [3.8, 4) is 0 Å². The quantitative estimate of drug-likeness (QED) is 0.747. The molecule has 0 bridgehead atoms. The van der Waals surface area contributed by atoms with Crippen molar-refractivity contribution in [2.75, 3.05) is 18.4 Å². The second-order valence-corrected chi connectivity index (χ2v) is 10.7. The number of hydrogen-bond acceptors (Lipinski definition) is 3. The van der Waals surface area contributed by atoms with Crippen LogP contribution in [0.3, 0.4) is 0 Å². The lowest BCUT2D eigenvalue weighted by Crippen LogP contribution is -2.36. The van der Waals surface area contributed by atoms with Crippen LogP contribution in [0.25, 0.3) is 0 Å². The van der Waals surface area contributed by atoms with E-state index in [1.54, 1.807) is 10.4 Å². The molecule has 1 saturated carbocycles. The van der Waals surface area contributed by atoms with E-state index in [9.17, 15) is 8.42 Å². The number of anilines is 1. The molecular weight excluding hydrogens is 380 g/mol. The molecular formula is C24H30N2O2S. The van der Waals surface area contributed by atoms with Gasteiger partial charge in [0, 0.05) is 18.8 Å². The summed E-state index contributed by atoms with van der Waals surface area (Å²) in [4.78, 5) is 0.474. The molecule has 1 aliphatic carbocycles. The van der Waals surface area contributed by atoms with Crippen molar-refractivity contribution in [2.24, 2.45) is 5.92 Å². The SMILES string of the molecule is O=S(=O)(c1ccc2c(c1)C1CCCCC1C(c1ccccc1)N2)N1CCCCC1. The average molecular weight is 411 g/mol. The highest BCUT2D eigenvalue weighted by Crippen LogP contribution is 2.51. The summed E-state index contributed by atoms with van der Waals surface area (Å²) >= 11 is 0. The Hall–Kier alpha value is -1.85. The van der Waals surface area contributed by atoms with E-state index < -0.39 is 10.0 Å². The predicted molar refractivity (Wildman–Crippen MR) is 117 cm³/mol. The molecule has 2 fully saturated rings. The standard InChI is InChI=1S/C24H30N2O2S/c27-29(28,26-15-7-2-8-16-26)19-13-14-23-22(17-19)20-11-5-6-12-21(20)24(25-23)18-9-3-1-4-10-18/h1,3-4,9-10,13-14,17,20-21,24-25H,2,5-8,11-12,15-16H2. The van der Waals surface area contributed by atoms with Gasteiger partial charge in [-0.2, -0.15) is 4.31 Å². The van der Waals surface area contributed by atoms with Crippen LogP contribution in [-0.4, -0.2) is 25.8 Å². The minimum atomic E-state index is -3.39. The smallest absolute Gasteiger partial charge is 0.243 e. The van der Waals surface area contributed by atoms with Crippen LogP contribution in [0.2, 0.25) is 0 Å². The topological polar surface area (TPSA) is 49.4 Å². The van der Waals surface area contributed by atoms with Crippen LogP contribution in [0.1, 0.15) is 68.0 Å². The summed E-state index contributed by atoms with van der Waals surface area (Å²) in [6, 6.07) is 16.8. The van der Waals surface area contributed by atoms with Gasteiger partial charge in [-0.15, -0.1) is 0 Å². The zero-order valence-electron chi connectivity index (χ0n) is 16.9. The maximum atomic E-state index is 13.2. The van der Waals surface area contributed by atoms with Crippen molar-refractivity contribution in [3.05, 3.63) is 59.7 Å². The van der Waals surface area contributed by atoms with Gasteiger partial charge in [-0.1, -0.05) is 49.6 Å². The van der Waals surface area contributed by atoms with Crippen LogP contribution < -0.4 is 5.32 Å². The Kier molecular flexibility index (Phi) is 5.12. The molecule has 3 atom stereocenters. The van der Waals surface area contributed by atoms with E-state index in [1.807, 2.05) is 12.1 Å². The molecule has 5 rings (SSSR count).